The molecular weight excluding hydrogens is 268 g/mol. The standard InChI is InChI=1S/C10H8N6O4/c11-9-8(14-20-15-9)10(17)13-12-5-6-2-1-3-7(4-6)16(18)19/h1-5H,(H2,11,15)(H,13,17)/b12-5-. The molecule has 0 unspecified atom stereocenters. The number of nitrogens with zero attached hydrogens (tertiary/aromatic N) is 4. The molecule has 2 aromatic rings. The molecule has 102 valence electrons. The Kier molecular flexibility index (Phi) is 3.65. The molecule has 10 nitrogen and oxygen atoms in total. The number of carbonyl (C=O) groups is 1. The van der Waals surface area contributed by atoms with Gasteiger partial charge in [-0.15, -0.1) is 0 Å². The first-order valence-electron chi connectivity index (χ1n) is 5.24. The van der Waals surface area contributed by atoms with Crippen LogP contribution < -0.4 is 11.2 Å². The van der Waals surface area contributed by atoms with Crippen molar-refractivity contribution in [3.05, 3.63) is 45.6 Å². The third-order valence-corrected chi connectivity index (χ3v) is 2.19. The second kappa shape index (κ2) is 5.56. The van der Waals surface area contributed by atoms with E-state index in [1.807, 2.05) is 0 Å². The van der Waals surface area contributed by atoms with Gasteiger partial charge >= 0.3 is 0 Å². The van der Waals surface area contributed by atoms with E-state index in [1.165, 1.54) is 24.4 Å². The van der Waals surface area contributed by atoms with E-state index >= 15 is 0 Å². The van der Waals surface area contributed by atoms with E-state index < -0.39 is 10.8 Å². The van der Waals surface area contributed by atoms with Crippen LogP contribution in [0.1, 0.15) is 16.1 Å². The number of nitrogen functional groups attached to an aromatic ring is 1. The van der Waals surface area contributed by atoms with Gasteiger partial charge in [-0.1, -0.05) is 12.1 Å². The summed E-state index contributed by atoms with van der Waals surface area (Å²) in [5.41, 5.74) is 7.64. The van der Waals surface area contributed by atoms with E-state index in [2.05, 4.69) is 25.5 Å². The molecular formula is C10H8N6O4. The predicted octanol–water partition coefficient (Wildman–Crippen LogP) is 0.324. The van der Waals surface area contributed by atoms with Crippen molar-refractivity contribution >= 4 is 23.6 Å². The zero-order valence-electron chi connectivity index (χ0n) is 9.89. The fourth-order valence-corrected chi connectivity index (χ4v) is 1.29. The molecule has 1 aromatic heterocycles. The van der Waals surface area contributed by atoms with Crippen LogP contribution in [0.25, 0.3) is 0 Å². The number of aromatic nitrogens is 2. The van der Waals surface area contributed by atoms with Gasteiger partial charge in [0.15, 0.2) is 0 Å². The first-order valence-corrected chi connectivity index (χ1v) is 5.24. The number of anilines is 1. The number of nitrogens with two attached hydrogens (primary N) is 1. The van der Waals surface area contributed by atoms with Crippen molar-refractivity contribution < 1.29 is 14.3 Å². The number of amides is 1. The topological polar surface area (TPSA) is 150 Å². The maximum absolute atomic E-state index is 11.5. The van der Waals surface area contributed by atoms with E-state index in [0.29, 0.717) is 5.56 Å². The van der Waals surface area contributed by atoms with Crippen LogP contribution >= 0.6 is 0 Å². The Morgan fingerprint density at radius 1 is 1.50 bits per heavy atom. The molecule has 0 aliphatic carbocycles. The van der Waals surface area contributed by atoms with Crippen molar-refractivity contribution in [2.24, 2.45) is 5.10 Å². The largest absolute Gasteiger partial charge is 0.379 e. The molecule has 1 aromatic carbocycles. The van der Waals surface area contributed by atoms with Gasteiger partial charge in [0, 0.05) is 17.7 Å². The van der Waals surface area contributed by atoms with E-state index in [1.54, 1.807) is 6.07 Å². The summed E-state index contributed by atoms with van der Waals surface area (Å²) >= 11 is 0. The Bertz CT molecular complexity index is 680. The van der Waals surface area contributed by atoms with Crippen LogP contribution in [0.3, 0.4) is 0 Å². The zero-order chi connectivity index (χ0) is 14.5. The highest BCUT2D eigenvalue weighted by Gasteiger charge is 2.14. The van der Waals surface area contributed by atoms with Crippen molar-refractivity contribution in [2.45, 2.75) is 0 Å². The lowest BCUT2D eigenvalue weighted by molar-refractivity contribution is -0.384. The lowest BCUT2D eigenvalue weighted by Crippen LogP contribution is -2.19. The van der Waals surface area contributed by atoms with Gasteiger partial charge in [0.1, 0.15) is 0 Å². The monoisotopic (exact) mass is 276 g/mol. The molecule has 0 saturated heterocycles. The van der Waals surface area contributed by atoms with E-state index in [-0.39, 0.29) is 17.2 Å². The van der Waals surface area contributed by atoms with Crippen LogP contribution in [0.2, 0.25) is 0 Å². The molecule has 0 bridgehead atoms. The Morgan fingerprint density at radius 2 is 2.30 bits per heavy atom. The minimum absolute atomic E-state index is 0.0785. The maximum Gasteiger partial charge on any atom is 0.297 e. The third-order valence-electron chi connectivity index (χ3n) is 2.19. The molecule has 3 N–H and O–H groups in total. The van der Waals surface area contributed by atoms with Crippen molar-refractivity contribution in [3.63, 3.8) is 0 Å². The van der Waals surface area contributed by atoms with Crippen LogP contribution in [0.5, 0.6) is 0 Å². The lowest BCUT2D eigenvalue weighted by Gasteiger charge is -1.96. The number of hydrogen-bond acceptors (Lipinski definition) is 8. The Labute approximate surface area is 111 Å². The summed E-state index contributed by atoms with van der Waals surface area (Å²) < 4.78 is 4.26. The molecule has 2 rings (SSSR count). The van der Waals surface area contributed by atoms with Gasteiger partial charge in [0.2, 0.25) is 11.5 Å². The molecule has 0 aliphatic heterocycles. The first kappa shape index (κ1) is 13.1. The number of rotatable bonds is 4. The number of carbonyl (C=O) groups excluding carboxylic acids is 1. The van der Waals surface area contributed by atoms with Crippen LogP contribution in [0, 0.1) is 10.1 Å². The van der Waals surface area contributed by atoms with E-state index in [4.69, 9.17) is 5.73 Å². The van der Waals surface area contributed by atoms with Gasteiger partial charge in [-0.3, -0.25) is 14.9 Å². The summed E-state index contributed by atoms with van der Waals surface area (Å²) in [4.78, 5) is 21.6. The number of nitro groups is 1. The van der Waals surface area contributed by atoms with Crippen LogP contribution in [0.15, 0.2) is 34.0 Å². The average Bonchev–Trinajstić information content (AvgIpc) is 2.85. The number of hydrazone groups is 1. The lowest BCUT2D eigenvalue weighted by atomic mass is 10.2. The maximum atomic E-state index is 11.5. The number of benzene rings is 1. The molecule has 0 saturated carbocycles. The van der Waals surface area contributed by atoms with Crippen molar-refractivity contribution in [1.82, 2.24) is 15.7 Å². The van der Waals surface area contributed by atoms with E-state index in [0.717, 1.165) is 0 Å². The summed E-state index contributed by atoms with van der Waals surface area (Å²) in [5.74, 6) is -0.863. The highest BCUT2D eigenvalue weighted by atomic mass is 16.6. The van der Waals surface area contributed by atoms with Gasteiger partial charge < -0.3 is 5.73 Å². The molecule has 1 heterocycles. The molecule has 0 radical (unpaired) electrons. The van der Waals surface area contributed by atoms with Gasteiger partial charge in [-0.25, -0.2) is 10.1 Å². The van der Waals surface area contributed by atoms with Crippen molar-refractivity contribution in [3.8, 4) is 0 Å². The minimum atomic E-state index is -0.703. The summed E-state index contributed by atoms with van der Waals surface area (Å²) in [6, 6.07) is 5.74. The number of hydrogen-bond donors (Lipinski definition) is 2. The molecule has 0 aliphatic rings. The molecule has 0 spiro atoms. The number of non-ortho nitro benzene ring substituents is 1. The summed E-state index contributed by atoms with van der Waals surface area (Å²) in [6.07, 6.45) is 1.24. The van der Waals surface area contributed by atoms with Gasteiger partial charge in [0.25, 0.3) is 11.6 Å². The SMILES string of the molecule is Nc1nonc1C(=O)N/N=C\c1cccc([N+](=O)[O-])c1. The fourth-order valence-electron chi connectivity index (χ4n) is 1.29. The molecule has 1 amide bonds. The first-order chi connectivity index (χ1) is 9.58. The van der Waals surface area contributed by atoms with Gasteiger partial charge in [-0.2, -0.15) is 5.10 Å². The summed E-state index contributed by atoms with van der Waals surface area (Å²) in [6.45, 7) is 0. The highest BCUT2D eigenvalue weighted by molar-refractivity contribution is 5.96. The minimum Gasteiger partial charge on any atom is -0.379 e. The second-order valence-electron chi connectivity index (χ2n) is 3.55. The smallest absolute Gasteiger partial charge is 0.297 e. The van der Waals surface area contributed by atoms with Crippen LogP contribution in [0.4, 0.5) is 11.5 Å². The second-order valence-corrected chi connectivity index (χ2v) is 3.55. The quantitative estimate of drug-likeness (QED) is 0.463. The van der Waals surface area contributed by atoms with Gasteiger partial charge in [-0.05, 0) is 10.3 Å². The number of nitro benzene ring substituents is 1. The Hall–Kier alpha value is -3.30. The Balaban J connectivity index is 2.04. The summed E-state index contributed by atoms with van der Waals surface area (Å²) in [5, 5.41) is 20.7. The molecule has 0 atom stereocenters. The van der Waals surface area contributed by atoms with Gasteiger partial charge in [0.05, 0.1) is 11.1 Å². The molecule has 10 heteroatoms. The molecule has 20 heavy (non-hydrogen) atoms. The zero-order valence-corrected chi connectivity index (χ0v) is 9.89. The molecule has 0 fully saturated rings. The predicted molar refractivity (Wildman–Crippen MR) is 66.9 cm³/mol. The normalized spacial score (nSPS) is 10.6. The van der Waals surface area contributed by atoms with Crippen LogP contribution in [-0.4, -0.2) is 27.4 Å². The van der Waals surface area contributed by atoms with Crippen molar-refractivity contribution in [2.75, 3.05) is 5.73 Å². The third kappa shape index (κ3) is 2.93. The van der Waals surface area contributed by atoms with Crippen LogP contribution in [-0.2, 0) is 0 Å². The highest BCUT2D eigenvalue weighted by Crippen LogP contribution is 2.11. The number of nitrogens with one attached hydrogen (secondary N) is 1. The Morgan fingerprint density at radius 3 is 2.95 bits per heavy atom. The summed E-state index contributed by atoms with van der Waals surface area (Å²) in [7, 11) is 0. The van der Waals surface area contributed by atoms with Crippen molar-refractivity contribution in [1.29, 1.82) is 0 Å². The van der Waals surface area contributed by atoms with E-state index in [9.17, 15) is 14.9 Å². The fraction of sp³-hybridized carbons (Fsp3) is 0. The average molecular weight is 276 g/mol.